The Morgan fingerprint density at radius 2 is 1.47 bits per heavy atom. The van der Waals surface area contributed by atoms with Crippen molar-refractivity contribution in [3.05, 3.63) is 80.9 Å². The maximum Gasteiger partial charge on any atom is 0.180 e. The predicted octanol–water partition coefficient (Wildman–Crippen LogP) is 9.48. The zero-order valence-electron chi connectivity index (χ0n) is 27.2. The molecule has 240 valence electrons. The minimum absolute atomic E-state index is 0.0165. The fraction of sp³-hybridized carbons (Fsp3) is 0.526. The molecule has 0 spiro atoms. The van der Waals surface area contributed by atoms with Crippen molar-refractivity contribution in [3.8, 4) is 11.5 Å². The topological polar surface area (TPSA) is 55.8 Å². The van der Waals surface area contributed by atoms with E-state index in [9.17, 15) is 14.0 Å². The Balaban J connectivity index is 1.52. The Hall–Kier alpha value is -3.12. The second-order valence-corrected chi connectivity index (χ2v) is 15.2. The number of carbonyl (C=O) groups is 2. The average Bonchev–Trinajstić information content (AvgIpc) is 2.96. The van der Waals surface area contributed by atoms with Gasteiger partial charge in [0.1, 0.15) is 12.4 Å². The zero-order chi connectivity index (χ0) is 32.1. The van der Waals surface area contributed by atoms with Crippen LogP contribution in [0.15, 0.2) is 58.9 Å². The molecule has 0 aromatic heterocycles. The van der Waals surface area contributed by atoms with Gasteiger partial charge in [-0.1, -0.05) is 76.8 Å². The second-order valence-electron chi connectivity index (χ2n) is 14.8. The molecule has 1 saturated carbocycles. The number of nitrogens with zero attached hydrogens (tertiary/aromatic N) is 1. The lowest BCUT2D eigenvalue weighted by Crippen LogP contribution is -2.48. The maximum absolute atomic E-state index is 14.4. The van der Waals surface area contributed by atoms with E-state index in [1.54, 1.807) is 18.2 Å². The molecule has 0 unspecified atom stereocenters. The van der Waals surface area contributed by atoms with Gasteiger partial charge in [-0.2, -0.15) is 0 Å². The summed E-state index contributed by atoms with van der Waals surface area (Å²) >= 11 is 6.95. The molecule has 45 heavy (non-hydrogen) atoms. The number of carbonyl (C=O) groups excluding carboxylic acids is 2. The molecule has 1 aliphatic heterocycles. The van der Waals surface area contributed by atoms with Crippen LogP contribution in [0, 0.1) is 16.6 Å². The molecular formula is C38H45ClFNO4. The molecule has 1 heterocycles. The van der Waals surface area contributed by atoms with Gasteiger partial charge in [0.05, 0.1) is 11.6 Å². The molecule has 0 bridgehead atoms. The van der Waals surface area contributed by atoms with Crippen molar-refractivity contribution in [2.45, 2.75) is 111 Å². The van der Waals surface area contributed by atoms with E-state index >= 15 is 0 Å². The first kappa shape index (κ1) is 31.8. The van der Waals surface area contributed by atoms with E-state index in [1.165, 1.54) is 12.5 Å². The number of allylic oxidation sites excluding steroid dienone is 4. The minimum atomic E-state index is -0.528. The number of rotatable bonds is 7. The molecule has 1 fully saturated rings. The van der Waals surface area contributed by atoms with E-state index in [-0.39, 0.29) is 40.9 Å². The third-order valence-electron chi connectivity index (χ3n) is 9.89. The predicted molar refractivity (Wildman–Crippen MR) is 175 cm³/mol. The second kappa shape index (κ2) is 12.2. The van der Waals surface area contributed by atoms with Crippen LogP contribution in [-0.2, 0) is 16.2 Å². The highest BCUT2D eigenvalue weighted by Crippen LogP contribution is 2.56. The van der Waals surface area contributed by atoms with Crippen molar-refractivity contribution in [2.24, 2.45) is 10.8 Å². The van der Waals surface area contributed by atoms with Crippen molar-refractivity contribution in [3.63, 3.8) is 0 Å². The van der Waals surface area contributed by atoms with Gasteiger partial charge in [0.25, 0.3) is 0 Å². The van der Waals surface area contributed by atoms with Gasteiger partial charge in [-0.25, -0.2) is 4.39 Å². The van der Waals surface area contributed by atoms with Crippen LogP contribution in [0.4, 0.5) is 4.39 Å². The molecule has 0 atom stereocenters. The van der Waals surface area contributed by atoms with Crippen LogP contribution in [0.25, 0.3) is 0 Å². The van der Waals surface area contributed by atoms with Crippen LogP contribution in [-0.4, -0.2) is 29.1 Å². The number of ketones is 2. The molecule has 2 aromatic rings. The molecule has 0 N–H and O–H groups in total. The van der Waals surface area contributed by atoms with E-state index in [0.717, 1.165) is 66.6 Å². The lowest BCUT2D eigenvalue weighted by molar-refractivity contribution is -0.119. The molecule has 5 nitrogen and oxygen atoms in total. The third-order valence-corrected chi connectivity index (χ3v) is 10.2. The summed E-state index contributed by atoms with van der Waals surface area (Å²) in [5, 5.41) is 0.304. The molecular weight excluding hydrogens is 589 g/mol. The normalized spacial score (nSPS) is 22.0. The highest BCUT2D eigenvalue weighted by atomic mass is 35.5. The Morgan fingerprint density at radius 1 is 0.867 bits per heavy atom. The van der Waals surface area contributed by atoms with Gasteiger partial charge in [0.15, 0.2) is 23.1 Å². The fourth-order valence-corrected chi connectivity index (χ4v) is 8.31. The smallest absolute Gasteiger partial charge is 0.180 e. The van der Waals surface area contributed by atoms with Crippen LogP contribution in [0.1, 0.15) is 109 Å². The number of benzene rings is 2. The van der Waals surface area contributed by atoms with Gasteiger partial charge in [0, 0.05) is 52.9 Å². The molecule has 7 heteroatoms. The van der Waals surface area contributed by atoms with Crippen molar-refractivity contribution in [1.29, 1.82) is 0 Å². The summed E-state index contributed by atoms with van der Waals surface area (Å²) < 4.78 is 26.5. The first-order chi connectivity index (χ1) is 21.4. The molecule has 0 saturated heterocycles. The summed E-state index contributed by atoms with van der Waals surface area (Å²) in [6.45, 7) is 10.9. The van der Waals surface area contributed by atoms with Crippen LogP contribution in [0.2, 0.25) is 5.02 Å². The van der Waals surface area contributed by atoms with Crippen molar-refractivity contribution >= 4 is 23.2 Å². The first-order valence-corrected chi connectivity index (χ1v) is 16.9. The molecule has 0 radical (unpaired) electrons. The fourth-order valence-electron chi connectivity index (χ4n) is 8.03. The monoisotopic (exact) mass is 633 g/mol. The van der Waals surface area contributed by atoms with E-state index in [1.807, 2.05) is 19.1 Å². The van der Waals surface area contributed by atoms with Crippen LogP contribution >= 0.6 is 11.6 Å². The Bertz CT molecular complexity index is 1530. The largest absolute Gasteiger partial charge is 0.490 e. The Kier molecular flexibility index (Phi) is 8.66. The highest BCUT2D eigenvalue weighted by Gasteiger charge is 2.50. The van der Waals surface area contributed by atoms with E-state index in [2.05, 4.69) is 32.6 Å². The average molecular weight is 634 g/mol. The first-order valence-electron chi connectivity index (χ1n) is 16.5. The molecule has 2 aromatic carbocycles. The SMILES string of the molecule is CCOc1cc(C2C3=C(CC(C)(C)CC3=O)N(C3CCCCC3)C3=C2C(=O)CC(C)(C)C3)cc(Cl)c1OCc1ccccc1F. The van der Waals surface area contributed by atoms with Gasteiger partial charge in [0.2, 0.25) is 0 Å². The van der Waals surface area contributed by atoms with Crippen LogP contribution < -0.4 is 9.47 Å². The summed E-state index contributed by atoms with van der Waals surface area (Å²) in [7, 11) is 0. The van der Waals surface area contributed by atoms with Crippen molar-refractivity contribution in [2.75, 3.05) is 6.61 Å². The van der Waals surface area contributed by atoms with E-state index < -0.39 is 5.92 Å². The van der Waals surface area contributed by atoms with Gasteiger partial charge in [-0.15, -0.1) is 0 Å². The molecule has 6 rings (SSSR count). The van der Waals surface area contributed by atoms with Gasteiger partial charge in [-0.05, 0) is 67.2 Å². The van der Waals surface area contributed by atoms with E-state index in [4.69, 9.17) is 21.1 Å². The van der Waals surface area contributed by atoms with E-state index in [0.29, 0.717) is 41.5 Å². The number of hydrogen-bond donors (Lipinski definition) is 0. The van der Waals surface area contributed by atoms with Gasteiger partial charge < -0.3 is 14.4 Å². The summed E-state index contributed by atoms with van der Waals surface area (Å²) in [6.07, 6.45) is 8.09. The van der Waals surface area contributed by atoms with Gasteiger partial charge >= 0.3 is 0 Å². The Labute approximate surface area is 271 Å². The third kappa shape index (κ3) is 6.19. The highest BCUT2D eigenvalue weighted by molar-refractivity contribution is 6.32. The number of halogens is 2. The maximum atomic E-state index is 14.4. The van der Waals surface area contributed by atoms with Crippen molar-refractivity contribution < 1.29 is 23.5 Å². The van der Waals surface area contributed by atoms with Crippen LogP contribution in [0.5, 0.6) is 11.5 Å². The Morgan fingerprint density at radius 3 is 2.04 bits per heavy atom. The summed E-state index contributed by atoms with van der Waals surface area (Å²) in [6, 6.07) is 10.4. The number of hydrogen-bond acceptors (Lipinski definition) is 5. The molecule has 4 aliphatic rings. The van der Waals surface area contributed by atoms with Crippen LogP contribution in [0.3, 0.4) is 0 Å². The number of ether oxygens (including phenoxy) is 2. The summed E-state index contributed by atoms with van der Waals surface area (Å²) in [5.41, 5.74) is 4.46. The number of Topliss-reactive ketones (excluding diaryl/α,β-unsaturated/α-hetero) is 2. The summed E-state index contributed by atoms with van der Waals surface area (Å²) in [5.74, 6) is 0.0578. The van der Waals surface area contributed by atoms with Crippen molar-refractivity contribution in [1.82, 2.24) is 4.90 Å². The molecule has 3 aliphatic carbocycles. The zero-order valence-corrected chi connectivity index (χ0v) is 28.0. The minimum Gasteiger partial charge on any atom is -0.490 e. The molecule has 0 amide bonds. The lowest BCUT2D eigenvalue weighted by atomic mass is 9.63. The lowest BCUT2D eigenvalue weighted by Gasteiger charge is -2.52. The quantitative estimate of drug-likeness (QED) is 0.304. The standard InChI is InChI=1S/C38H45ClFNO4/c1-6-44-32-17-24(16-26(39)36(32)45-22-23-12-10-11-15-27(23)40)33-34-28(18-37(2,3)20-30(34)42)41(25-13-8-7-9-14-25)29-19-38(4,5)21-31(43)35(29)33/h10-12,15-17,25,33H,6-9,13-14,18-22H2,1-5H3. The van der Waals surface area contributed by atoms with Gasteiger partial charge in [-0.3, -0.25) is 9.59 Å². The summed E-state index contributed by atoms with van der Waals surface area (Å²) in [4.78, 5) is 31.0.